The number of thiazole rings is 1. The summed E-state index contributed by atoms with van der Waals surface area (Å²) in [5.74, 6) is -7.32. The van der Waals surface area contributed by atoms with Crippen LogP contribution < -0.4 is 24.0 Å². The number of esters is 9. The highest BCUT2D eigenvalue weighted by Gasteiger charge is 2.27. The largest absolute Gasteiger partial charge is 0.488 e. The number of ether oxygens (including phenoxy) is 11. The van der Waals surface area contributed by atoms with Crippen LogP contribution in [-0.4, -0.2) is 125 Å². The van der Waals surface area contributed by atoms with Crippen molar-refractivity contribution in [1.82, 2.24) is 4.98 Å². The van der Waals surface area contributed by atoms with Crippen molar-refractivity contribution in [2.24, 2.45) is 0 Å². The fraction of sp³-hybridized carbons (Fsp3) is 0.364. The maximum absolute atomic E-state index is 13.1. The van der Waals surface area contributed by atoms with E-state index in [1.807, 2.05) is 12.1 Å². The Bertz CT molecular complexity index is 2390. The minimum absolute atomic E-state index is 0.0172. The molecule has 1 heterocycles. The first-order chi connectivity index (χ1) is 32.4. The second-order valence-electron chi connectivity index (χ2n) is 13.9. The van der Waals surface area contributed by atoms with Crippen LogP contribution in [0, 0.1) is 6.92 Å². The van der Waals surface area contributed by atoms with Crippen LogP contribution in [0.4, 0.5) is 11.4 Å². The molecule has 0 aliphatic carbocycles. The van der Waals surface area contributed by atoms with Crippen LogP contribution in [0.3, 0.4) is 0 Å². The zero-order valence-corrected chi connectivity index (χ0v) is 38.5. The summed E-state index contributed by atoms with van der Waals surface area (Å²) in [5.41, 5.74) is 1.77. The monoisotopic (exact) mass is 969 g/mol. The number of aryl methyl sites for hydroxylation is 1. The molecule has 364 valence electrons. The van der Waals surface area contributed by atoms with Gasteiger partial charge in [0.25, 0.3) is 0 Å². The number of hydrogen-bond acceptors (Lipinski definition) is 24. The van der Waals surface area contributed by atoms with Crippen LogP contribution in [0.2, 0.25) is 0 Å². The highest BCUT2D eigenvalue weighted by atomic mass is 32.1. The molecule has 0 aliphatic rings. The molecule has 0 bridgehead atoms. The Balaban J connectivity index is 1.73. The molecule has 4 aromatic rings. The minimum atomic E-state index is -0.986. The molecule has 0 fully saturated rings. The Morgan fingerprint density at radius 3 is 1.38 bits per heavy atom. The van der Waals surface area contributed by atoms with Crippen molar-refractivity contribution in [3.63, 3.8) is 0 Å². The van der Waals surface area contributed by atoms with Crippen LogP contribution in [-0.2, 0) is 81.0 Å². The average molecular weight is 970 g/mol. The standard InChI is InChI=1S/C44H47N3O20S/c1-26-11-12-34(46(18-40(53)63-22-59-27(2)48)19-41(54)64-23-60-28(3)49)37(15-26)57-13-14-58-38-16-32(44-45-33-9-7-8-10-39(33)68-44)36(67-31(6)52)17-35(38)47(20-42(55)65-24-61-29(4)50)21-43(56)66-25-62-30(5)51/h7-12,15-17H,13-14,18-25H2,1-6H3. The summed E-state index contributed by atoms with van der Waals surface area (Å²) in [7, 11) is 0. The van der Waals surface area contributed by atoms with Gasteiger partial charge in [0.05, 0.1) is 27.2 Å². The van der Waals surface area contributed by atoms with Gasteiger partial charge in [0, 0.05) is 40.7 Å². The van der Waals surface area contributed by atoms with Crippen molar-refractivity contribution in [3.05, 3.63) is 60.2 Å². The summed E-state index contributed by atoms with van der Waals surface area (Å²) in [6.07, 6.45) is 0. The van der Waals surface area contributed by atoms with Gasteiger partial charge in [0.1, 0.15) is 61.6 Å². The third-order valence-corrected chi connectivity index (χ3v) is 9.51. The van der Waals surface area contributed by atoms with E-state index in [4.69, 9.17) is 47.6 Å². The van der Waals surface area contributed by atoms with Gasteiger partial charge in [-0.3, -0.25) is 43.2 Å². The van der Waals surface area contributed by atoms with Gasteiger partial charge >= 0.3 is 53.7 Å². The normalized spacial score (nSPS) is 10.4. The summed E-state index contributed by atoms with van der Waals surface area (Å²) in [6, 6.07) is 14.9. The lowest BCUT2D eigenvalue weighted by Crippen LogP contribution is -2.37. The van der Waals surface area contributed by atoms with Crippen molar-refractivity contribution in [1.29, 1.82) is 0 Å². The van der Waals surface area contributed by atoms with E-state index in [-0.39, 0.29) is 47.4 Å². The summed E-state index contributed by atoms with van der Waals surface area (Å²) in [5, 5.41) is 0.394. The van der Waals surface area contributed by atoms with Crippen molar-refractivity contribution < 1.29 is 95.3 Å². The molecule has 0 radical (unpaired) electrons. The van der Waals surface area contributed by atoms with Crippen molar-refractivity contribution in [3.8, 4) is 27.8 Å². The van der Waals surface area contributed by atoms with E-state index in [1.165, 1.54) is 35.3 Å². The summed E-state index contributed by atoms with van der Waals surface area (Å²) in [6.45, 7) is 1.40. The number of hydrogen-bond donors (Lipinski definition) is 0. The molecule has 0 N–H and O–H groups in total. The lowest BCUT2D eigenvalue weighted by atomic mass is 10.1. The number of rotatable bonds is 25. The van der Waals surface area contributed by atoms with Gasteiger partial charge in [-0.15, -0.1) is 11.3 Å². The molecule has 0 saturated heterocycles. The van der Waals surface area contributed by atoms with Crippen molar-refractivity contribution >= 4 is 86.7 Å². The molecule has 23 nitrogen and oxygen atoms in total. The molecule has 0 amide bonds. The zero-order valence-electron chi connectivity index (χ0n) is 37.7. The fourth-order valence-electron chi connectivity index (χ4n) is 5.58. The molecule has 0 unspecified atom stereocenters. The molecule has 0 aliphatic heterocycles. The highest BCUT2D eigenvalue weighted by molar-refractivity contribution is 7.21. The number of carbonyl (C=O) groups is 9. The average Bonchev–Trinajstić information content (AvgIpc) is 3.68. The summed E-state index contributed by atoms with van der Waals surface area (Å²) >= 11 is 1.27. The minimum Gasteiger partial charge on any atom is -0.488 e. The number of para-hydroxylation sites is 1. The van der Waals surface area contributed by atoms with Gasteiger partial charge in [-0.25, -0.2) is 4.98 Å². The lowest BCUT2D eigenvalue weighted by Gasteiger charge is -2.27. The van der Waals surface area contributed by atoms with Gasteiger partial charge in [-0.2, -0.15) is 0 Å². The number of benzene rings is 3. The molecular formula is C44H47N3O20S. The number of aromatic nitrogens is 1. The molecule has 1 aromatic heterocycles. The number of anilines is 2. The molecular weight excluding hydrogens is 923 g/mol. The van der Waals surface area contributed by atoms with Gasteiger partial charge < -0.3 is 61.9 Å². The predicted octanol–water partition coefficient (Wildman–Crippen LogP) is 3.52. The Morgan fingerprint density at radius 2 is 0.941 bits per heavy atom. The first-order valence-corrected chi connectivity index (χ1v) is 20.9. The molecule has 0 atom stereocenters. The quantitative estimate of drug-likeness (QED) is 0.0302. The lowest BCUT2D eigenvalue weighted by molar-refractivity contribution is -0.167. The van der Waals surface area contributed by atoms with E-state index in [9.17, 15) is 43.2 Å². The second-order valence-corrected chi connectivity index (χ2v) is 14.9. The van der Waals surface area contributed by atoms with Crippen molar-refractivity contribution in [2.45, 2.75) is 41.5 Å². The van der Waals surface area contributed by atoms with Crippen LogP contribution >= 0.6 is 11.3 Å². The fourth-order valence-corrected chi connectivity index (χ4v) is 6.56. The Labute approximate surface area is 391 Å². The molecule has 68 heavy (non-hydrogen) atoms. The third kappa shape index (κ3) is 17.8. The molecule has 24 heteroatoms. The smallest absolute Gasteiger partial charge is 0.328 e. The van der Waals surface area contributed by atoms with Crippen LogP contribution in [0.1, 0.15) is 40.2 Å². The van der Waals surface area contributed by atoms with Crippen molar-refractivity contribution in [2.75, 3.05) is 76.4 Å². The molecule has 4 rings (SSSR count). The maximum atomic E-state index is 13.1. The second kappa shape index (κ2) is 26.2. The summed E-state index contributed by atoms with van der Waals surface area (Å²) in [4.78, 5) is 117. The molecule has 0 spiro atoms. The van der Waals surface area contributed by atoms with Gasteiger partial charge in [-0.1, -0.05) is 18.2 Å². The van der Waals surface area contributed by atoms with Crippen LogP contribution in [0.15, 0.2) is 54.6 Å². The Morgan fingerprint density at radius 1 is 0.500 bits per heavy atom. The summed E-state index contributed by atoms with van der Waals surface area (Å²) < 4.78 is 57.8. The zero-order chi connectivity index (χ0) is 49.8. The number of carbonyl (C=O) groups excluding carboxylic acids is 9. The number of fused-ring (bicyclic) bond motifs is 1. The topological polar surface area (TPSA) is 275 Å². The van der Waals surface area contributed by atoms with Crippen LogP contribution in [0.25, 0.3) is 20.8 Å². The van der Waals surface area contributed by atoms with E-state index >= 15 is 0 Å². The van der Waals surface area contributed by atoms with Gasteiger partial charge in [0.2, 0.25) is 27.2 Å². The van der Waals surface area contributed by atoms with E-state index in [0.717, 1.165) is 37.3 Å². The Kier molecular flexibility index (Phi) is 20.3. The van der Waals surface area contributed by atoms with Crippen LogP contribution in [0.5, 0.6) is 17.2 Å². The van der Waals surface area contributed by atoms with E-state index < -0.39 is 107 Å². The van der Waals surface area contributed by atoms with E-state index in [0.29, 0.717) is 16.1 Å². The van der Waals surface area contributed by atoms with Gasteiger partial charge in [-0.05, 0) is 42.8 Å². The SMILES string of the molecule is CC(=O)OCOC(=O)CN(CC(=O)OCOC(C)=O)c1ccc(C)cc1OCCOc1cc(-c2nc3ccccc3s2)c(OC(C)=O)cc1N(CC(=O)OCOC(C)=O)CC(=O)OCOC(C)=O. The van der Waals surface area contributed by atoms with Gasteiger partial charge in [0.15, 0.2) is 0 Å². The first kappa shape index (κ1) is 52.6. The molecule has 3 aromatic carbocycles. The third-order valence-electron chi connectivity index (χ3n) is 8.44. The molecule has 0 saturated carbocycles. The van der Waals surface area contributed by atoms with E-state index in [2.05, 4.69) is 9.47 Å². The first-order valence-electron chi connectivity index (χ1n) is 20.1. The highest BCUT2D eigenvalue weighted by Crippen LogP contribution is 2.43. The maximum Gasteiger partial charge on any atom is 0.328 e. The number of nitrogens with zero attached hydrogens (tertiary/aromatic N) is 3. The predicted molar refractivity (Wildman–Crippen MR) is 234 cm³/mol. The van der Waals surface area contributed by atoms with E-state index in [1.54, 1.807) is 37.3 Å². The Hall–Kier alpha value is -8.02.